The third-order valence-corrected chi connectivity index (χ3v) is 4.86. The third-order valence-electron chi connectivity index (χ3n) is 3.99. The van der Waals surface area contributed by atoms with Gasteiger partial charge in [0.1, 0.15) is 5.75 Å². The second kappa shape index (κ2) is 6.53. The minimum atomic E-state index is 0.531. The normalized spacial score (nSPS) is 24.8. The summed E-state index contributed by atoms with van der Waals surface area (Å²) in [7, 11) is 0. The van der Waals surface area contributed by atoms with Crippen LogP contribution in [0, 0.1) is 6.92 Å². The molecule has 0 unspecified atom stereocenters. The molecule has 4 heteroatoms. The molecule has 1 aromatic rings. The monoisotopic (exact) mass is 290 g/mol. The van der Waals surface area contributed by atoms with Gasteiger partial charge in [-0.05, 0) is 31.4 Å². The molecule has 0 amide bonds. The highest BCUT2D eigenvalue weighted by Crippen LogP contribution is 2.27. The van der Waals surface area contributed by atoms with Crippen molar-refractivity contribution in [3.05, 3.63) is 29.8 Å². The number of rotatable bonds is 4. The van der Waals surface area contributed by atoms with Crippen molar-refractivity contribution < 1.29 is 4.74 Å². The average molecular weight is 290 g/mol. The Bertz CT molecular complexity index is 489. The summed E-state index contributed by atoms with van der Waals surface area (Å²) in [6.45, 7) is 2.81. The van der Waals surface area contributed by atoms with Gasteiger partial charge in [0.15, 0.2) is 5.17 Å². The standard InChI is InChI=1S/C16H22N2OS/c1-12-6-2-5-9-15(12)19-10-11-20-16-17-13-7-3-4-8-14(13)18-16/h2,5-6,9,13-14H,3-4,7-8,10-11H2,1H3,(H,17,18)/t13-,14-/m1/s1. The minimum absolute atomic E-state index is 0.531. The first-order chi connectivity index (χ1) is 9.83. The van der Waals surface area contributed by atoms with Crippen molar-refractivity contribution in [2.24, 2.45) is 4.99 Å². The molecule has 0 saturated heterocycles. The van der Waals surface area contributed by atoms with Gasteiger partial charge < -0.3 is 10.1 Å². The van der Waals surface area contributed by atoms with Gasteiger partial charge in [0.25, 0.3) is 0 Å². The fourth-order valence-corrected chi connectivity index (χ4v) is 3.67. The van der Waals surface area contributed by atoms with Crippen LogP contribution in [0.25, 0.3) is 0 Å². The fraction of sp³-hybridized carbons (Fsp3) is 0.562. The maximum Gasteiger partial charge on any atom is 0.157 e. The van der Waals surface area contributed by atoms with E-state index in [0.29, 0.717) is 12.1 Å². The SMILES string of the molecule is Cc1ccccc1OCCSC1=N[C@@H]2CCCC[C@H]2N1. The first-order valence-electron chi connectivity index (χ1n) is 7.48. The largest absolute Gasteiger partial charge is 0.492 e. The van der Waals surface area contributed by atoms with Gasteiger partial charge >= 0.3 is 0 Å². The van der Waals surface area contributed by atoms with Gasteiger partial charge in [-0.2, -0.15) is 0 Å². The molecule has 108 valence electrons. The molecular weight excluding hydrogens is 268 g/mol. The predicted octanol–water partition coefficient (Wildman–Crippen LogP) is 3.38. The average Bonchev–Trinajstić information content (AvgIpc) is 2.88. The molecule has 0 radical (unpaired) electrons. The molecule has 0 bridgehead atoms. The van der Waals surface area contributed by atoms with Gasteiger partial charge in [0.05, 0.1) is 18.7 Å². The van der Waals surface area contributed by atoms with Gasteiger partial charge in [0, 0.05) is 5.75 Å². The zero-order valence-corrected chi connectivity index (χ0v) is 12.8. The van der Waals surface area contributed by atoms with Gasteiger partial charge in [-0.15, -0.1) is 0 Å². The van der Waals surface area contributed by atoms with Crippen molar-refractivity contribution in [3.63, 3.8) is 0 Å². The summed E-state index contributed by atoms with van der Waals surface area (Å²) in [5, 5.41) is 4.68. The molecular formula is C16H22N2OS. The van der Waals surface area contributed by atoms with Crippen molar-refractivity contribution in [2.45, 2.75) is 44.7 Å². The lowest BCUT2D eigenvalue weighted by Crippen LogP contribution is -2.36. The smallest absolute Gasteiger partial charge is 0.157 e. The highest BCUT2D eigenvalue weighted by Gasteiger charge is 2.30. The fourth-order valence-electron chi connectivity index (χ4n) is 2.87. The van der Waals surface area contributed by atoms with Crippen LogP contribution in [0.2, 0.25) is 0 Å². The Morgan fingerprint density at radius 2 is 2.15 bits per heavy atom. The van der Waals surface area contributed by atoms with Gasteiger partial charge in [-0.3, -0.25) is 4.99 Å². The predicted molar refractivity (Wildman–Crippen MR) is 85.7 cm³/mol. The van der Waals surface area contributed by atoms with E-state index >= 15 is 0 Å². The van der Waals surface area contributed by atoms with Gasteiger partial charge in [-0.25, -0.2) is 0 Å². The van der Waals surface area contributed by atoms with Crippen LogP contribution in [0.15, 0.2) is 29.3 Å². The van der Waals surface area contributed by atoms with E-state index in [0.717, 1.165) is 23.3 Å². The van der Waals surface area contributed by atoms with E-state index in [1.807, 2.05) is 18.2 Å². The second-order valence-corrected chi connectivity index (χ2v) is 6.58. The van der Waals surface area contributed by atoms with Crippen molar-refractivity contribution >= 4 is 16.9 Å². The first-order valence-corrected chi connectivity index (χ1v) is 8.47. The van der Waals surface area contributed by atoms with E-state index < -0.39 is 0 Å². The zero-order valence-electron chi connectivity index (χ0n) is 12.0. The molecule has 0 aromatic heterocycles. The van der Waals surface area contributed by atoms with E-state index in [1.54, 1.807) is 11.8 Å². The Kier molecular flexibility index (Phi) is 4.51. The molecule has 1 N–H and O–H groups in total. The molecule has 3 rings (SSSR count). The maximum absolute atomic E-state index is 5.81. The molecule has 1 aliphatic heterocycles. The number of nitrogens with one attached hydrogen (secondary N) is 1. The van der Waals surface area contributed by atoms with Crippen LogP contribution >= 0.6 is 11.8 Å². The van der Waals surface area contributed by atoms with Crippen LogP contribution in [-0.2, 0) is 0 Å². The number of amidine groups is 1. The Balaban J connectivity index is 1.41. The summed E-state index contributed by atoms with van der Waals surface area (Å²) in [5.74, 6) is 1.93. The molecule has 1 aromatic carbocycles. The number of fused-ring (bicyclic) bond motifs is 1. The number of aryl methyl sites for hydroxylation is 1. The maximum atomic E-state index is 5.81. The number of aliphatic imine (C=N–C) groups is 1. The molecule has 1 heterocycles. The summed E-state index contributed by atoms with van der Waals surface area (Å²) in [6.07, 6.45) is 5.21. The molecule has 1 aliphatic carbocycles. The lowest BCUT2D eigenvalue weighted by molar-refractivity contribution is 0.342. The van der Waals surface area contributed by atoms with Crippen LogP contribution in [0.1, 0.15) is 31.2 Å². The lowest BCUT2D eigenvalue weighted by Gasteiger charge is -2.23. The lowest BCUT2D eigenvalue weighted by atomic mass is 9.92. The summed E-state index contributed by atoms with van der Waals surface area (Å²) in [4.78, 5) is 4.79. The summed E-state index contributed by atoms with van der Waals surface area (Å²) >= 11 is 1.79. The highest BCUT2D eigenvalue weighted by atomic mass is 32.2. The van der Waals surface area contributed by atoms with E-state index in [4.69, 9.17) is 9.73 Å². The van der Waals surface area contributed by atoms with Crippen LogP contribution in [0.4, 0.5) is 0 Å². The second-order valence-electron chi connectivity index (χ2n) is 5.50. The summed E-state index contributed by atoms with van der Waals surface area (Å²) in [6, 6.07) is 9.29. The van der Waals surface area contributed by atoms with Crippen molar-refractivity contribution in [3.8, 4) is 5.75 Å². The number of hydrogen-bond donors (Lipinski definition) is 1. The molecule has 3 nitrogen and oxygen atoms in total. The third kappa shape index (κ3) is 3.29. The number of thioether (sulfide) groups is 1. The van der Waals surface area contributed by atoms with Gasteiger partial charge in [-0.1, -0.05) is 42.8 Å². The molecule has 20 heavy (non-hydrogen) atoms. The number of hydrogen-bond acceptors (Lipinski definition) is 4. The van der Waals surface area contributed by atoms with Crippen molar-refractivity contribution in [2.75, 3.05) is 12.4 Å². The number of benzene rings is 1. The Morgan fingerprint density at radius 3 is 3.00 bits per heavy atom. The zero-order chi connectivity index (χ0) is 13.8. The van der Waals surface area contributed by atoms with Crippen molar-refractivity contribution in [1.82, 2.24) is 5.32 Å². The Morgan fingerprint density at radius 1 is 1.30 bits per heavy atom. The Labute approximate surface area is 125 Å². The van der Waals surface area contributed by atoms with Crippen LogP contribution in [0.3, 0.4) is 0 Å². The molecule has 2 aliphatic rings. The number of ether oxygens (including phenoxy) is 1. The van der Waals surface area contributed by atoms with Gasteiger partial charge in [0.2, 0.25) is 0 Å². The number of nitrogens with zero attached hydrogens (tertiary/aromatic N) is 1. The molecule has 0 spiro atoms. The van der Waals surface area contributed by atoms with E-state index in [9.17, 15) is 0 Å². The van der Waals surface area contributed by atoms with E-state index in [-0.39, 0.29) is 0 Å². The minimum Gasteiger partial charge on any atom is -0.492 e. The Hall–Kier alpha value is -1.16. The molecule has 1 fully saturated rings. The topological polar surface area (TPSA) is 33.6 Å². The molecule has 1 saturated carbocycles. The first kappa shape index (κ1) is 13.8. The van der Waals surface area contributed by atoms with E-state index in [1.165, 1.54) is 31.2 Å². The van der Waals surface area contributed by atoms with Crippen molar-refractivity contribution in [1.29, 1.82) is 0 Å². The highest BCUT2D eigenvalue weighted by molar-refractivity contribution is 8.13. The number of para-hydroxylation sites is 1. The molecule has 2 atom stereocenters. The van der Waals surface area contributed by atoms with Crippen LogP contribution in [0.5, 0.6) is 5.75 Å². The van der Waals surface area contributed by atoms with Crippen LogP contribution in [-0.4, -0.2) is 29.6 Å². The quantitative estimate of drug-likeness (QED) is 0.863. The summed E-state index contributed by atoms with van der Waals surface area (Å²) < 4.78 is 5.81. The summed E-state index contributed by atoms with van der Waals surface area (Å²) in [5.41, 5.74) is 1.19. The van der Waals surface area contributed by atoms with E-state index in [2.05, 4.69) is 18.3 Å². The van der Waals surface area contributed by atoms with Crippen LogP contribution < -0.4 is 10.1 Å².